The Bertz CT molecular complexity index is 393. The van der Waals surface area contributed by atoms with Crippen LogP contribution < -0.4 is 0 Å². The van der Waals surface area contributed by atoms with Crippen molar-refractivity contribution in [3.05, 3.63) is 0 Å². The van der Waals surface area contributed by atoms with E-state index in [2.05, 4.69) is 23.6 Å². The summed E-state index contributed by atoms with van der Waals surface area (Å²) in [7, 11) is 0. The first-order valence-corrected chi connectivity index (χ1v) is 9.23. The van der Waals surface area contributed by atoms with E-state index < -0.39 is 0 Å². The molecule has 4 heteroatoms. The van der Waals surface area contributed by atoms with Gasteiger partial charge in [0, 0.05) is 38.2 Å². The van der Waals surface area contributed by atoms with Crippen molar-refractivity contribution in [1.29, 1.82) is 0 Å². The van der Waals surface area contributed by atoms with Crippen LogP contribution in [-0.2, 0) is 9.53 Å². The van der Waals surface area contributed by atoms with Crippen molar-refractivity contribution in [2.45, 2.75) is 70.4 Å². The Balaban J connectivity index is 1.65. The number of hydrogen-bond acceptors (Lipinski definition) is 3. The van der Waals surface area contributed by atoms with Gasteiger partial charge in [0.2, 0.25) is 5.91 Å². The van der Waals surface area contributed by atoms with Crippen LogP contribution in [0.4, 0.5) is 0 Å². The molecule has 3 fully saturated rings. The Hall–Kier alpha value is -0.610. The summed E-state index contributed by atoms with van der Waals surface area (Å²) in [5.74, 6) is 1.09. The maximum absolute atomic E-state index is 12.5. The van der Waals surface area contributed by atoms with Crippen molar-refractivity contribution >= 4 is 5.91 Å². The number of nitrogens with zero attached hydrogens (tertiary/aromatic N) is 2. The second-order valence-electron chi connectivity index (χ2n) is 7.91. The van der Waals surface area contributed by atoms with E-state index in [0.717, 1.165) is 57.7 Å². The number of carbonyl (C=O) groups is 1. The molecule has 126 valence electrons. The number of amides is 1. The summed E-state index contributed by atoms with van der Waals surface area (Å²) in [6, 6.07) is 0. The molecule has 3 saturated heterocycles. The largest absolute Gasteiger partial charge is 0.376 e. The highest BCUT2D eigenvalue weighted by atomic mass is 16.5. The molecule has 3 heterocycles. The summed E-state index contributed by atoms with van der Waals surface area (Å²) in [5.41, 5.74) is 0.134. The molecular formula is C18H32N2O2. The topological polar surface area (TPSA) is 32.8 Å². The highest BCUT2D eigenvalue weighted by molar-refractivity contribution is 5.79. The Morgan fingerprint density at radius 3 is 2.82 bits per heavy atom. The molecule has 0 radical (unpaired) electrons. The zero-order valence-electron chi connectivity index (χ0n) is 14.4. The first-order chi connectivity index (χ1) is 10.6. The average Bonchev–Trinajstić information content (AvgIpc) is 3.02. The Kier molecular flexibility index (Phi) is 5.08. The first-order valence-electron chi connectivity index (χ1n) is 9.23. The average molecular weight is 308 g/mol. The van der Waals surface area contributed by atoms with Gasteiger partial charge in [0.1, 0.15) is 0 Å². The number of rotatable bonds is 4. The molecule has 1 amide bonds. The number of carbonyl (C=O) groups excluding carboxylic acids is 1. The standard InChI is InChI=1S/C18H32N2O2/c1-15(2)13-19-10-4-7-18(9-11-19)8-6-17(21)20(18)14-16-5-3-12-22-16/h15-16H,3-14H2,1-2H3/t16-,18-/m1/s1. The monoisotopic (exact) mass is 308 g/mol. The van der Waals surface area contributed by atoms with Gasteiger partial charge in [0.15, 0.2) is 0 Å². The van der Waals surface area contributed by atoms with Crippen LogP contribution >= 0.6 is 0 Å². The molecule has 0 bridgehead atoms. The van der Waals surface area contributed by atoms with Gasteiger partial charge in [-0.25, -0.2) is 0 Å². The minimum absolute atomic E-state index is 0.134. The number of hydrogen-bond donors (Lipinski definition) is 0. The molecule has 3 aliphatic heterocycles. The molecule has 0 aromatic carbocycles. The minimum Gasteiger partial charge on any atom is -0.376 e. The van der Waals surface area contributed by atoms with E-state index in [0.29, 0.717) is 5.91 Å². The lowest BCUT2D eigenvalue weighted by atomic mass is 9.87. The minimum atomic E-state index is 0.134. The molecule has 0 aliphatic carbocycles. The summed E-state index contributed by atoms with van der Waals surface area (Å²) in [6.07, 6.45) is 7.93. The third-order valence-corrected chi connectivity index (χ3v) is 5.72. The fourth-order valence-electron chi connectivity index (χ4n) is 4.62. The van der Waals surface area contributed by atoms with Gasteiger partial charge in [-0.3, -0.25) is 4.79 Å². The lowest BCUT2D eigenvalue weighted by Gasteiger charge is -2.39. The highest BCUT2D eigenvalue weighted by Gasteiger charge is 2.46. The van der Waals surface area contributed by atoms with Crippen LogP contribution in [0, 0.1) is 5.92 Å². The number of ether oxygens (including phenoxy) is 1. The third-order valence-electron chi connectivity index (χ3n) is 5.72. The van der Waals surface area contributed by atoms with Crippen molar-refractivity contribution in [3.63, 3.8) is 0 Å². The van der Waals surface area contributed by atoms with E-state index in [9.17, 15) is 4.79 Å². The lowest BCUT2D eigenvalue weighted by molar-refractivity contribution is -0.133. The molecule has 0 saturated carbocycles. The summed E-state index contributed by atoms with van der Waals surface area (Å²) < 4.78 is 5.80. The van der Waals surface area contributed by atoms with E-state index in [4.69, 9.17) is 4.74 Å². The van der Waals surface area contributed by atoms with Crippen LogP contribution in [0.1, 0.15) is 58.8 Å². The Labute approximate surface area is 135 Å². The maximum Gasteiger partial charge on any atom is 0.223 e. The molecule has 0 aromatic heterocycles. The fourth-order valence-corrected chi connectivity index (χ4v) is 4.62. The van der Waals surface area contributed by atoms with E-state index in [1.54, 1.807) is 0 Å². The van der Waals surface area contributed by atoms with E-state index >= 15 is 0 Å². The normalized spacial score (nSPS) is 34.0. The zero-order valence-corrected chi connectivity index (χ0v) is 14.4. The highest BCUT2D eigenvalue weighted by Crippen LogP contribution is 2.39. The van der Waals surface area contributed by atoms with E-state index in [1.807, 2.05) is 0 Å². The van der Waals surface area contributed by atoms with Crippen LogP contribution in [0.15, 0.2) is 0 Å². The first kappa shape index (κ1) is 16.3. The smallest absolute Gasteiger partial charge is 0.223 e. The van der Waals surface area contributed by atoms with E-state index in [1.165, 1.54) is 25.9 Å². The molecule has 22 heavy (non-hydrogen) atoms. The van der Waals surface area contributed by atoms with Gasteiger partial charge in [-0.2, -0.15) is 0 Å². The molecule has 0 N–H and O–H groups in total. The van der Waals surface area contributed by atoms with Crippen LogP contribution in [-0.4, -0.2) is 60.1 Å². The van der Waals surface area contributed by atoms with Crippen molar-refractivity contribution in [1.82, 2.24) is 9.80 Å². The van der Waals surface area contributed by atoms with Gasteiger partial charge in [0.05, 0.1) is 6.10 Å². The van der Waals surface area contributed by atoms with Crippen LogP contribution in [0.5, 0.6) is 0 Å². The molecule has 1 spiro atoms. The molecule has 3 rings (SSSR count). The van der Waals surface area contributed by atoms with Gasteiger partial charge in [-0.1, -0.05) is 13.8 Å². The quantitative estimate of drug-likeness (QED) is 0.800. The second-order valence-corrected chi connectivity index (χ2v) is 7.91. The van der Waals surface area contributed by atoms with Crippen molar-refractivity contribution in [2.24, 2.45) is 5.92 Å². The molecule has 3 aliphatic rings. The van der Waals surface area contributed by atoms with Gasteiger partial charge in [-0.05, 0) is 51.0 Å². The summed E-state index contributed by atoms with van der Waals surface area (Å²) in [4.78, 5) is 17.3. The zero-order chi connectivity index (χ0) is 15.6. The van der Waals surface area contributed by atoms with Crippen molar-refractivity contribution in [3.8, 4) is 0 Å². The van der Waals surface area contributed by atoms with Gasteiger partial charge >= 0.3 is 0 Å². The second kappa shape index (κ2) is 6.88. The van der Waals surface area contributed by atoms with Gasteiger partial charge < -0.3 is 14.5 Å². The summed E-state index contributed by atoms with van der Waals surface area (Å²) in [5, 5.41) is 0. The number of likely N-dealkylation sites (tertiary alicyclic amines) is 2. The summed E-state index contributed by atoms with van der Waals surface area (Å²) in [6.45, 7) is 9.84. The Morgan fingerprint density at radius 1 is 1.23 bits per heavy atom. The molecular weight excluding hydrogens is 276 g/mol. The molecule has 0 unspecified atom stereocenters. The van der Waals surface area contributed by atoms with Gasteiger partial charge in [-0.15, -0.1) is 0 Å². The molecule has 2 atom stereocenters. The molecule has 4 nitrogen and oxygen atoms in total. The Morgan fingerprint density at radius 2 is 2.09 bits per heavy atom. The summed E-state index contributed by atoms with van der Waals surface area (Å²) >= 11 is 0. The fraction of sp³-hybridized carbons (Fsp3) is 0.944. The van der Waals surface area contributed by atoms with Crippen LogP contribution in [0.25, 0.3) is 0 Å². The van der Waals surface area contributed by atoms with Crippen molar-refractivity contribution < 1.29 is 9.53 Å². The lowest BCUT2D eigenvalue weighted by Crippen LogP contribution is -2.49. The predicted molar refractivity (Wildman–Crippen MR) is 87.8 cm³/mol. The van der Waals surface area contributed by atoms with E-state index in [-0.39, 0.29) is 11.6 Å². The van der Waals surface area contributed by atoms with Gasteiger partial charge in [0.25, 0.3) is 0 Å². The SMILES string of the molecule is CC(C)CN1CCC[C@@]2(CCC(=O)N2C[C@H]2CCCO2)CC1. The van der Waals surface area contributed by atoms with Crippen molar-refractivity contribution in [2.75, 3.05) is 32.8 Å². The van der Waals surface area contributed by atoms with Crippen LogP contribution in [0.3, 0.4) is 0 Å². The van der Waals surface area contributed by atoms with Crippen LogP contribution in [0.2, 0.25) is 0 Å². The third kappa shape index (κ3) is 3.48. The predicted octanol–water partition coefficient (Wildman–Crippen LogP) is 2.67. The molecule has 0 aromatic rings. The maximum atomic E-state index is 12.5.